The molecule has 0 aliphatic carbocycles. The first kappa shape index (κ1) is 18.5. The lowest BCUT2D eigenvalue weighted by molar-refractivity contribution is -0.384. The van der Waals surface area contributed by atoms with E-state index >= 15 is 0 Å². The maximum atomic E-state index is 13.5. The second-order valence-corrected chi connectivity index (χ2v) is 6.39. The largest absolute Gasteiger partial charge is 0.496 e. The van der Waals surface area contributed by atoms with Gasteiger partial charge in [0.05, 0.1) is 24.1 Å². The van der Waals surface area contributed by atoms with E-state index in [0.29, 0.717) is 27.7 Å². The van der Waals surface area contributed by atoms with Crippen molar-refractivity contribution in [3.05, 3.63) is 69.3 Å². The third kappa shape index (κ3) is 4.45. The molecule has 3 aromatic rings. The average molecular weight is 387 g/mol. The molecule has 2 aromatic carbocycles. The summed E-state index contributed by atoms with van der Waals surface area (Å²) in [5, 5.41) is 15.4. The molecule has 1 N–H and O–H groups in total. The first-order valence-corrected chi connectivity index (χ1v) is 8.67. The molecular formula is C18H14FN3O4S. The van der Waals surface area contributed by atoms with Crippen molar-refractivity contribution in [1.29, 1.82) is 0 Å². The first-order valence-electron chi connectivity index (χ1n) is 7.79. The maximum absolute atomic E-state index is 13.5. The highest BCUT2D eigenvalue weighted by molar-refractivity contribution is 7.14. The van der Waals surface area contributed by atoms with Crippen LogP contribution in [0.25, 0.3) is 11.3 Å². The second kappa shape index (κ2) is 7.92. The van der Waals surface area contributed by atoms with E-state index in [1.54, 1.807) is 5.38 Å². The van der Waals surface area contributed by atoms with Crippen molar-refractivity contribution >= 4 is 28.1 Å². The molecule has 0 aliphatic heterocycles. The summed E-state index contributed by atoms with van der Waals surface area (Å²) in [6.07, 6.45) is 0.0518. The number of nitrogens with one attached hydrogen (secondary N) is 1. The molecule has 7 nitrogen and oxygen atoms in total. The van der Waals surface area contributed by atoms with Gasteiger partial charge in [-0.3, -0.25) is 14.9 Å². The number of aromatic nitrogens is 1. The van der Waals surface area contributed by atoms with Crippen molar-refractivity contribution in [3.8, 4) is 17.0 Å². The fourth-order valence-electron chi connectivity index (χ4n) is 2.42. The summed E-state index contributed by atoms with van der Waals surface area (Å²) >= 11 is 1.20. The molecule has 0 aliphatic rings. The number of nitro benzene ring substituents is 1. The van der Waals surface area contributed by atoms with E-state index in [1.165, 1.54) is 60.9 Å². The summed E-state index contributed by atoms with van der Waals surface area (Å²) in [5.41, 5.74) is 1.58. The standard InChI is InChI=1S/C18H14FN3O4S/c1-26-16-7-4-12(19)9-14(16)15-10-27-18(20-15)21-17(23)8-11-2-5-13(6-3-11)22(24)25/h2-7,9-10H,8H2,1H3,(H,20,21,23). The predicted molar refractivity (Wildman–Crippen MR) is 99.5 cm³/mol. The van der Waals surface area contributed by atoms with Crippen LogP contribution in [0.1, 0.15) is 5.56 Å². The van der Waals surface area contributed by atoms with Gasteiger partial charge in [-0.1, -0.05) is 12.1 Å². The van der Waals surface area contributed by atoms with Gasteiger partial charge in [0.1, 0.15) is 11.6 Å². The zero-order chi connectivity index (χ0) is 19.4. The number of thiazole rings is 1. The predicted octanol–water partition coefficient (Wildman–Crippen LogP) is 4.05. The Morgan fingerprint density at radius 2 is 2.04 bits per heavy atom. The van der Waals surface area contributed by atoms with E-state index in [9.17, 15) is 19.3 Å². The van der Waals surface area contributed by atoms with Crippen molar-refractivity contribution in [1.82, 2.24) is 4.98 Å². The highest BCUT2D eigenvalue weighted by Crippen LogP contribution is 2.32. The van der Waals surface area contributed by atoms with Crippen LogP contribution in [0.3, 0.4) is 0 Å². The molecule has 0 saturated carbocycles. The molecule has 0 saturated heterocycles. The number of hydrogen-bond donors (Lipinski definition) is 1. The molecule has 0 spiro atoms. The average Bonchev–Trinajstić information content (AvgIpc) is 3.10. The SMILES string of the molecule is COc1ccc(F)cc1-c1csc(NC(=O)Cc2ccc([N+](=O)[O-])cc2)n1. The van der Waals surface area contributed by atoms with Gasteiger partial charge in [0.2, 0.25) is 5.91 Å². The summed E-state index contributed by atoms with van der Waals surface area (Å²) in [7, 11) is 1.48. The van der Waals surface area contributed by atoms with Gasteiger partial charge in [0.15, 0.2) is 5.13 Å². The third-order valence-electron chi connectivity index (χ3n) is 3.70. The molecule has 1 aromatic heterocycles. The van der Waals surface area contributed by atoms with Crippen molar-refractivity contribution in [2.45, 2.75) is 6.42 Å². The minimum atomic E-state index is -0.498. The Bertz CT molecular complexity index is 989. The van der Waals surface area contributed by atoms with Gasteiger partial charge in [-0.15, -0.1) is 11.3 Å². The molecule has 138 valence electrons. The van der Waals surface area contributed by atoms with Crippen molar-refractivity contribution in [3.63, 3.8) is 0 Å². The van der Waals surface area contributed by atoms with Gasteiger partial charge in [-0.2, -0.15) is 0 Å². The minimum Gasteiger partial charge on any atom is -0.496 e. The number of carbonyl (C=O) groups excluding carboxylic acids is 1. The Morgan fingerprint density at radius 3 is 2.70 bits per heavy atom. The van der Waals surface area contributed by atoms with Crippen molar-refractivity contribution in [2.75, 3.05) is 12.4 Å². The molecule has 27 heavy (non-hydrogen) atoms. The van der Waals surface area contributed by atoms with E-state index in [1.807, 2.05) is 0 Å². The van der Waals surface area contributed by atoms with Crippen LogP contribution < -0.4 is 10.1 Å². The highest BCUT2D eigenvalue weighted by atomic mass is 32.1. The lowest BCUT2D eigenvalue weighted by Crippen LogP contribution is -2.14. The van der Waals surface area contributed by atoms with Crippen LogP contribution in [0.5, 0.6) is 5.75 Å². The lowest BCUT2D eigenvalue weighted by Gasteiger charge is -2.06. The number of carbonyl (C=O) groups is 1. The Kier molecular flexibility index (Phi) is 5.41. The highest BCUT2D eigenvalue weighted by Gasteiger charge is 2.13. The van der Waals surface area contributed by atoms with Gasteiger partial charge in [0.25, 0.3) is 5.69 Å². The fraction of sp³-hybridized carbons (Fsp3) is 0.111. The van der Waals surface area contributed by atoms with Crippen LogP contribution in [-0.4, -0.2) is 22.9 Å². The fourth-order valence-corrected chi connectivity index (χ4v) is 3.15. The molecule has 1 amide bonds. The van der Waals surface area contributed by atoms with Gasteiger partial charge in [-0.05, 0) is 23.8 Å². The Balaban J connectivity index is 1.69. The normalized spacial score (nSPS) is 10.4. The van der Waals surface area contributed by atoms with E-state index in [4.69, 9.17) is 4.74 Å². The van der Waals surface area contributed by atoms with Crippen molar-refractivity contribution < 1.29 is 18.8 Å². The van der Waals surface area contributed by atoms with E-state index in [-0.39, 0.29) is 18.0 Å². The number of halogens is 1. The van der Waals surface area contributed by atoms with Crippen LogP contribution in [0.2, 0.25) is 0 Å². The number of hydrogen-bond acceptors (Lipinski definition) is 6. The number of ether oxygens (including phenoxy) is 1. The Hall–Kier alpha value is -3.33. The molecule has 1 heterocycles. The lowest BCUT2D eigenvalue weighted by atomic mass is 10.1. The summed E-state index contributed by atoms with van der Waals surface area (Å²) in [4.78, 5) is 26.6. The molecule has 0 bridgehead atoms. The zero-order valence-electron chi connectivity index (χ0n) is 14.1. The van der Waals surface area contributed by atoms with Crippen LogP contribution in [0.15, 0.2) is 47.8 Å². The topological polar surface area (TPSA) is 94.4 Å². The zero-order valence-corrected chi connectivity index (χ0v) is 15.0. The molecule has 0 unspecified atom stereocenters. The number of amides is 1. The summed E-state index contributed by atoms with van der Waals surface area (Å²) < 4.78 is 18.7. The number of methoxy groups -OCH3 is 1. The number of nitro groups is 1. The van der Waals surface area contributed by atoms with Crippen LogP contribution in [-0.2, 0) is 11.2 Å². The van der Waals surface area contributed by atoms with Crippen LogP contribution >= 0.6 is 11.3 Å². The van der Waals surface area contributed by atoms with Crippen LogP contribution in [0, 0.1) is 15.9 Å². The number of benzene rings is 2. The second-order valence-electron chi connectivity index (χ2n) is 5.53. The van der Waals surface area contributed by atoms with E-state index < -0.39 is 10.7 Å². The summed E-state index contributed by atoms with van der Waals surface area (Å²) in [6, 6.07) is 9.88. The maximum Gasteiger partial charge on any atom is 0.269 e. The number of nitrogens with zero attached hydrogens (tertiary/aromatic N) is 2. The summed E-state index contributed by atoms with van der Waals surface area (Å²) in [6.45, 7) is 0. The first-order chi connectivity index (χ1) is 13.0. The molecule has 0 atom stereocenters. The van der Waals surface area contributed by atoms with Gasteiger partial charge in [0, 0.05) is 23.1 Å². The Morgan fingerprint density at radius 1 is 1.30 bits per heavy atom. The van der Waals surface area contributed by atoms with E-state index in [2.05, 4.69) is 10.3 Å². The van der Waals surface area contributed by atoms with Crippen LogP contribution in [0.4, 0.5) is 15.2 Å². The molecule has 0 fully saturated rings. The van der Waals surface area contributed by atoms with Gasteiger partial charge in [-0.25, -0.2) is 9.37 Å². The molecule has 0 radical (unpaired) electrons. The van der Waals surface area contributed by atoms with Gasteiger partial charge >= 0.3 is 0 Å². The monoisotopic (exact) mass is 387 g/mol. The van der Waals surface area contributed by atoms with Gasteiger partial charge < -0.3 is 10.1 Å². The summed E-state index contributed by atoms with van der Waals surface area (Å²) in [5.74, 6) is -0.246. The number of non-ortho nitro benzene ring substituents is 1. The Labute approximate surface area is 157 Å². The number of rotatable bonds is 6. The smallest absolute Gasteiger partial charge is 0.269 e. The van der Waals surface area contributed by atoms with E-state index in [0.717, 1.165) is 0 Å². The molecule has 3 rings (SSSR count). The third-order valence-corrected chi connectivity index (χ3v) is 4.46. The molecular weight excluding hydrogens is 373 g/mol. The molecule has 9 heteroatoms. The minimum absolute atomic E-state index is 0.0345. The van der Waals surface area contributed by atoms with Crippen molar-refractivity contribution in [2.24, 2.45) is 0 Å². The quantitative estimate of drug-likeness (QED) is 0.509. The number of anilines is 1.